The first-order valence-electron chi connectivity index (χ1n) is 5.60. The fraction of sp³-hybridized carbons (Fsp3) is 0.455. The van der Waals surface area contributed by atoms with Gasteiger partial charge in [0.15, 0.2) is 0 Å². The molecule has 108 valence electrons. The monoisotopic (exact) mass is 324 g/mol. The minimum absolute atomic E-state index is 0.0429. The predicted molar refractivity (Wildman–Crippen MR) is 79.2 cm³/mol. The quantitative estimate of drug-likeness (QED) is 0.773. The van der Waals surface area contributed by atoms with Gasteiger partial charge in [-0.05, 0) is 31.5 Å². The highest BCUT2D eigenvalue weighted by Crippen LogP contribution is 2.23. The summed E-state index contributed by atoms with van der Waals surface area (Å²) in [5.74, 6) is 0.439. The van der Waals surface area contributed by atoms with Gasteiger partial charge in [0, 0.05) is 34.5 Å². The summed E-state index contributed by atoms with van der Waals surface area (Å²) in [6.45, 7) is 1.71. The van der Waals surface area contributed by atoms with E-state index in [0.29, 0.717) is 17.9 Å². The molecule has 0 aromatic heterocycles. The second kappa shape index (κ2) is 6.69. The van der Waals surface area contributed by atoms with Gasteiger partial charge in [0.2, 0.25) is 10.0 Å². The molecule has 0 amide bonds. The molecule has 0 saturated carbocycles. The van der Waals surface area contributed by atoms with Crippen molar-refractivity contribution in [1.29, 1.82) is 0 Å². The number of hydrogen-bond acceptors (Lipinski definition) is 4. The minimum atomic E-state index is -3.72. The predicted octanol–water partition coefficient (Wildman–Crippen LogP) is 1.36. The molecule has 0 aliphatic carbocycles. The fourth-order valence-corrected chi connectivity index (χ4v) is 3.95. The molecule has 1 aromatic rings. The molecule has 0 aliphatic heterocycles. The van der Waals surface area contributed by atoms with E-state index in [1.165, 1.54) is 18.2 Å². The van der Waals surface area contributed by atoms with Crippen LogP contribution in [0.4, 0.5) is 5.69 Å². The van der Waals surface area contributed by atoms with E-state index in [1.807, 2.05) is 0 Å². The van der Waals surface area contributed by atoms with Gasteiger partial charge in [-0.3, -0.25) is 4.21 Å². The summed E-state index contributed by atoms with van der Waals surface area (Å²) in [6.07, 6.45) is 2.07. The van der Waals surface area contributed by atoms with Gasteiger partial charge >= 0.3 is 0 Å². The Hall–Kier alpha value is -0.630. The Morgan fingerprint density at radius 2 is 2.11 bits per heavy atom. The third kappa shape index (κ3) is 5.10. The van der Waals surface area contributed by atoms with E-state index in [9.17, 15) is 12.6 Å². The van der Waals surface area contributed by atoms with Crippen molar-refractivity contribution in [3.8, 4) is 0 Å². The van der Waals surface area contributed by atoms with Crippen LogP contribution in [-0.2, 0) is 20.8 Å². The summed E-state index contributed by atoms with van der Waals surface area (Å²) < 4.78 is 37.7. The SMILES string of the molecule is CC(CCS(C)=O)NS(=O)(=O)c1cc(N)ccc1Cl. The summed E-state index contributed by atoms with van der Waals surface area (Å²) in [5.41, 5.74) is 5.89. The molecule has 1 rings (SSSR count). The lowest BCUT2D eigenvalue weighted by molar-refractivity contribution is 0.556. The van der Waals surface area contributed by atoms with Crippen molar-refractivity contribution in [3.63, 3.8) is 0 Å². The van der Waals surface area contributed by atoms with Crippen molar-refractivity contribution >= 4 is 38.1 Å². The topological polar surface area (TPSA) is 89.3 Å². The molecule has 1 aromatic carbocycles. The van der Waals surface area contributed by atoms with Crippen molar-refractivity contribution in [1.82, 2.24) is 4.72 Å². The van der Waals surface area contributed by atoms with Crippen LogP contribution < -0.4 is 10.5 Å². The first kappa shape index (κ1) is 16.4. The van der Waals surface area contributed by atoms with E-state index in [2.05, 4.69) is 4.72 Å². The number of hydrogen-bond donors (Lipinski definition) is 2. The zero-order valence-corrected chi connectivity index (χ0v) is 13.1. The highest BCUT2D eigenvalue weighted by molar-refractivity contribution is 7.89. The Labute approximate surface area is 121 Å². The second-order valence-electron chi connectivity index (χ2n) is 4.28. The molecule has 3 N–H and O–H groups in total. The van der Waals surface area contributed by atoms with Crippen LogP contribution in [0.15, 0.2) is 23.1 Å². The number of nitrogens with one attached hydrogen (secondary N) is 1. The van der Waals surface area contributed by atoms with Gasteiger partial charge < -0.3 is 5.73 Å². The molecule has 0 aliphatic rings. The molecule has 5 nitrogen and oxygen atoms in total. The molecule has 0 saturated heterocycles. The summed E-state index contributed by atoms with van der Waals surface area (Å²) >= 11 is 5.87. The Kier molecular flexibility index (Phi) is 5.79. The molecule has 0 radical (unpaired) electrons. The maximum Gasteiger partial charge on any atom is 0.242 e. The van der Waals surface area contributed by atoms with Crippen molar-refractivity contribution in [2.24, 2.45) is 0 Å². The number of anilines is 1. The number of nitrogen functional groups attached to an aromatic ring is 1. The Morgan fingerprint density at radius 1 is 1.47 bits per heavy atom. The van der Waals surface area contributed by atoms with Crippen LogP contribution in [0, 0.1) is 0 Å². The molecule has 0 spiro atoms. The normalized spacial score (nSPS) is 15.1. The maximum atomic E-state index is 12.1. The third-order valence-electron chi connectivity index (χ3n) is 2.44. The van der Waals surface area contributed by atoms with Gasteiger partial charge in [-0.15, -0.1) is 0 Å². The molecule has 2 unspecified atom stereocenters. The van der Waals surface area contributed by atoms with E-state index < -0.39 is 20.8 Å². The largest absolute Gasteiger partial charge is 0.399 e. The number of halogens is 1. The molecular formula is C11H17ClN2O3S2. The van der Waals surface area contributed by atoms with Gasteiger partial charge in [-0.25, -0.2) is 13.1 Å². The standard InChI is InChI=1S/C11H17ClN2O3S2/c1-8(5-6-18(2)15)14-19(16,17)11-7-9(13)3-4-10(11)12/h3-4,7-8,14H,5-6,13H2,1-2H3. The molecular weight excluding hydrogens is 308 g/mol. The lowest BCUT2D eigenvalue weighted by atomic mass is 10.3. The van der Waals surface area contributed by atoms with Gasteiger partial charge in [-0.1, -0.05) is 11.6 Å². The van der Waals surface area contributed by atoms with Crippen molar-refractivity contribution < 1.29 is 12.6 Å². The summed E-state index contributed by atoms with van der Waals surface area (Å²) in [7, 11) is -4.67. The number of sulfonamides is 1. The third-order valence-corrected chi connectivity index (χ3v) is 5.32. The maximum absolute atomic E-state index is 12.1. The van der Waals surface area contributed by atoms with Gasteiger partial charge in [0.05, 0.1) is 5.02 Å². The molecule has 8 heteroatoms. The van der Waals surface area contributed by atoms with Gasteiger partial charge in [0.1, 0.15) is 4.90 Å². The zero-order chi connectivity index (χ0) is 14.6. The van der Waals surface area contributed by atoms with Crippen LogP contribution in [0.25, 0.3) is 0 Å². The molecule has 19 heavy (non-hydrogen) atoms. The second-order valence-corrected chi connectivity index (χ2v) is 7.92. The van der Waals surface area contributed by atoms with E-state index in [0.717, 1.165) is 0 Å². The van der Waals surface area contributed by atoms with Gasteiger partial charge in [-0.2, -0.15) is 0 Å². The Balaban J connectivity index is 2.86. The van der Waals surface area contributed by atoms with E-state index in [4.69, 9.17) is 17.3 Å². The summed E-state index contributed by atoms with van der Waals surface area (Å²) in [4.78, 5) is -0.0429. The number of rotatable bonds is 6. The van der Waals surface area contributed by atoms with Crippen LogP contribution in [0.1, 0.15) is 13.3 Å². The lowest BCUT2D eigenvalue weighted by Crippen LogP contribution is -2.33. The van der Waals surface area contributed by atoms with Gasteiger partial charge in [0.25, 0.3) is 0 Å². The average Bonchev–Trinajstić information content (AvgIpc) is 2.29. The first-order chi connectivity index (χ1) is 8.72. The van der Waals surface area contributed by atoms with E-state index in [1.54, 1.807) is 13.2 Å². The van der Waals surface area contributed by atoms with Crippen molar-refractivity contribution in [2.45, 2.75) is 24.3 Å². The average molecular weight is 325 g/mol. The molecule has 0 bridgehead atoms. The first-order valence-corrected chi connectivity index (χ1v) is 9.18. The minimum Gasteiger partial charge on any atom is -0.399 e. The fourth-order valence-electron chi connectivity index (χ4n) is 1.46. The molecule has 2 atom stereocenters. The van der Waals surface area contributed by atoms with E-state index >= 15 is 0 Å². The molecule has 0 fully saturated rings. The van der Waals surface area contributed by atoms with Crippen LogP contribution in [0.3, 0.4) is 0 Å². The van der Waals surface area contributed by atoms with Crippen molar-refractivity contribution in [3.05, 3.63) is 23.2 Å². The Morgan fingerprint density at radius 3 is 2.68 bits per heavy atom. The van der Waals surface area contributed by atoms with Crippen molar-refractivity contribution in [2.75, 3.05) is 17.7 Å². The molecule has 0 heterocycles. The number of nitrogens with two attached hydrogens (primary N) is 1. The summed E-state index contributed by atoms with van der Waals surface area (Å²) in [6, 6.07) is 3.96. The van der Waals surface area contributed by atoms with Crippen LogP contribution in [-0.4, -0.2) is 30.7 Å². The smallest absolute Gasteiger partial charge is 0.242 e. The zero-order valence-electron chi connectivity index (χ0n) is 10.7. The summed E-state index contributed by atoms with van der Waals surface area (Å²) in [5, 5.41) is 0.118. The van der Waals surface area contributed by atoms with Crippen LogP contribution >= 0.6 is 11.6 Å². The number of benzene rings is 1. The highest BCUT2D eigenvalue weighted by atomic mass is 35.5. The highest BCUT2D eigenvalue weighted by Gasteiger charge is 2.20. The van der Waals surface area contributed by atoms with E-state index in [-0.39, 0.29) is 16.0 Å². The van der Waals surface area contributed by atoms with Crippen LogP contribution in [0.5, 0.6) is 0 Å². The lowest BCUT2D eigenvalue weighted by Gasteiger charge is -2.14. The van der Waals surface area contributed by atoms with Crippen LogP contribution in [0.2, 0.25) is 5.02 Å². The Bertz CT molecular complexity index is 575.